The molecular formula is C23H27N3O3. The van der Waals surface area contributed by atoms with Gasteiger partial charge in [0.15, 0.2) is 0 Å². The third-order valence-corrected chi connectivity index (χ3v) is 5.40. The predicted octanol–water partition coefficient (Wildman–Crippen LogP) is 3.83. The summed E-state index contributed by atoms with van der Waals surface area (Å²) in [6.07, 6.45) is 0. The molecule has 3 rings (SSSR count). The second-order valence-electron chi connectivity index (χ2n) is 8.05. The summed E-state index contributed by atoms with van der Waals surface area (Å²) in [4.78, 5) is 39.2. The fourth-order valence-corrected chi connectivity index (χ4v) is 3.59. The molecule has 0 aliphatic carbocycles. The van der Waals surface area contributed by atoms with E-state index >= 15 is 0 Å². The molecule has 2 N–H and O–H groups in total. The minimum atomic E-state index is -1.18. The largest absolute Gasteiger partial charge is 0.325 e. The number of carbonyl (C=O) groups excluding carboxylic acids is 3. The van der Waals surface area contributed by atoms with Crippen LogP contribution in [0.5, 0.6) is 0 Å². The molecule has 4 amide bonds. The Morgan fingerprint density at radius 1 is 1.10 bits per heavy atom. The van der Waals surface area contributed by atoms with E-state index in [4.69, 9.17) is 0 Å². The van der Waals surface area contributed by atoms with E-state index in [0.717, 1.165) is 27.3 Å². The molecule has 0 radical (unpaired) electrons. The van der Waals surface area contributed by atoms with Crippen molar-refractivity contribution < 1.29 is 14.4 Å². The van der Waals surface area contributed by atoms with Crippen LogP contribution in [0.3, 0.4) is 0 Å². The number of benzene rings is 2. The molecule has 1 aliphatic heterocycles. The summed E-state index contributed by atoms with van der Waals surface area (Å²) in [6.45, 7) is 9.30. The van der Waals surface area contributed by atoms with Gasteiger partial charge in [0.2, 0.25) is 5.91 Å². The first-order chi connectivity index (χ1) is 13.6. The van der Waals surface area contributed by atoms with Crippen molar-refractivity contribution in [3.05, 3.63) is 64.7 Å². The van der Waals surface area contributed by atoms with Crippen molar-refractivity contribution in [2.45, 2.75) is 46.1 Å². The Bertz CT molecular complexity index is 966. The molecule has 6 nitrogen and oxygen atoms in total. The van der Waals surface area contributed by atoms with Crippen LogP contribution in [0, 0.1) is 13.8 Å². The predicted molar refractivity (Wildman–Crippen MR) is 113 cm³/mol. The first-order valence-corrected chi connectivity index (χ1v) is 9.74. The number of para-hydroxylation sites is 1. The first-order valence-electron chi connectivity index (χ1n) is 9.74. The molecule has 29 heavy (non-hydrogen) atoms. The minimum absolute atomic E-state index is 0.228. The number of aryl methyl sites for hydroxylation is 2. The maximum absolute atomic E-state index is 13.0. The van der Waals surface area contributed by atoms with Crippen molar-refractivity contribution in [1.29, 1.82) is 0 Å². The maximum atomic E-state index is 13.0. The van der Waals surface area contributed by atoms with Crippen molar-refractivity contribution in [2.24, 2.45) is 0 Å². The molecule has 1 fully saturated rings. The number of nitrogens with zero attached hydrogens (tertiary/aromatic N) is 1. The van der Waals surface area contributed by atoms with Crippen LogP contribution in [-0.2, 0) is 15.1 Å². The standard InChI is InChI=1S/C23H27N3O3/c1-14(2)18-8-6-7-16(4)20(18)24-19(27)13-26-21(28)23(5,25-22(26)29)17-11-9-15(3)10-12-17/h6-12,14H,13H2,1-5H3,(H,24,27)(H,25,29). The molecule has 2 aromatic rings. The molecule has 152 valence electrons. The van der Waals surface area contributed by atoms with E-state index in [-0.39, 0.29) is 12.5 Å². The molecule has 2 aromatic carbocycles. The number of rotatable bonds is 5. The van der Waals surface area contributed by atoms with Crippen LogP contribution in [-0.4, -0.2) is 29.3 Å². The zero-order valence-electron chi connectivity index (χ0n) is 17.5. The normalized spacial score (nSPS) is 18.9. The Hall–Kier alpha value is -3.15. The van der Waals surface area contributed by atoms with Crippen LogP contribution < -0.4 is 10.6 Å². The van der Waals surface area contributed by atoms with Gasteiger partial charge in [0.1, 0.15) is 12.1 Å². The third-order valence-electron chi connectivity index (χ3n) is 5.40. The number of carbonyl (C=O) groups is 3. The lowest BCUT2D eigenvalue weighted by molar-refractivity contribution is -0.133. The summed E-state index contributed by atoms with van der Waals surface area (Å²) in [5.74, 6) is -0.611. The summed E-state index contributed by atoms with van der Waals surface area (Å²) >= 11 is 0. The number of amides is 4. The van der Waals surface area contributed by atoms with Gasteiger partial charge < -0.3 is 10.6 Å². The number of imide groups is 1. The maximum Gasteiger partial charge on any atom is 0.325 e. The molecule has 0 aromatic heterocycles. The Morgan fingerprint density at radius 3 is 2.38 bits per heavy atom. The van der Waals surface area contributed by atoms with Gasteiger partial charge in [0, 0.05) is 5.69 Å². The summed E-state index contributed by atoms with van der Waals surface area (Å²) in [5.41, 5.74) is 3.25. The highest BCUT2D eigenvalue weighted by Gasteiger charge is 2.49. The van der Waals surface area contributed by atoms with Gasteiger partial charge in [-0.1, -0.05) is 61.9 Å². The van der Waals surface area contributed by atoms with Gasteiger partial charge in [-0.05, 0) is 43.4 Å². The minimum Gasteiger partial charge on any atom is -0.324 e. The molecule has 6 heteroatoms. The van der Waals surface area contributed by atoms with Crippen LogP contribution >= 0.6 is 0 Å². The van der Waals surface area contributed by atoms with E-state index in [2.05, 4.69) is 24.5 Å². The first kappa shape index (κ1) is 20.6. The lowest BCUT2D eigenvalue weighted by Gasteiger charge is -2.22. The Labute approximate surface area is 171 Å². The zero-order valence-corrected chi connectivity index (χ0v) is 17.5. The van der Waals surface area contributed by atoms with E-state index in [0.29, 0.717) is 5.56 Å². The molecule has 1 unspecified atom stereocenters. The van der Waals surface area contributed by atoms with E-state index in [1.807, 2.05) is 56.3 Å². The lowest BCUT2D eigenvalue weighted by atomic mass is 9.91. The second kappa shape index (κ2) is 7.70. The van der Waals surface area contributed by atoms with Crippen molar-refractivity contribution >= 4 is 23.5 Å². The van der Waals surface area contributed by atoms with Gasteiger partial charge in [-0.2, -0.15) is 0 Å². The van der Waals surface area contributed by atoms with Crippen molar-refractivity contribution in [2.75, 3.05) is 11.9 Å². The Kier molecular flexibility index (Phi) is 5.46. The highest BCUT2D eigenvalue weighted by molar-refractivity contribution is 6.10. The topological polar surface area (TPSA) is 78.5 Å². The van der Waals surface area contributed by atoms with Gasteiger partial charge in [-0.15, -0.1) is 0 Å². The zero-order chi connectivity index (χ0) is 21.3. The molecule has 1 aliphatic rings. The van der Waals surface area contributed by atoms with E-state index < -0.39 is 23.4 Å². The average Bonchev–Trinajstić information content (AvgIpc) is 2.87. The van der Waals surface area contributed by atoms with Gasteiger partial charge in [-0.25, -0.2) is 4.79 Å². The van der Waals surface area contributed by atoms with Gasteiger partial charge >= 0.3 is 6.03 Å². The molecular weight excluding hydrogens is 366 g/mol. The smallest absolute Gasteiger partial charge is 0.324 e. The van der Waals surface area contributed by atoms with Crippen LogP contribution in [0.2, 0.25) is 0 Å². The van der Waals surface area contributed by atoms with Gasteiger partial charge in [0.25, 0.3) is 5.91 Å². The van der Waals surface area contributed by atoms with Crippen molar-refractivity contribution in [3.63, 3.8) is 0 Å². The van der Waals surface area contributed by atoms with Gasteiger partial charge in [0.05, 0.1) is 0 Å². The van der Waals surface area contributed by atoms with E-state index in [1.54, 1.807) is 6.92 Å². The summed E-state index contributed by atoms with van der Waals surface area (Å²) in [6, 6.07) is 12.7. The van der Waals surface area contributed by atoms with Gasteiger partial charge in [-0.3, -0.25) is 14.5 Å². The number of anilines is 1. The SMILES string of the molecule is Cc1ccc(C2(C)NC(=O)N(CC(=O)Nc3c(C)cccc3C(C)C)C2=O)cc1. The molecule has 1 heterocycles. The highest BCUT2D eigenvalue weighted by atomic mass is 16.2. The third kappa shape index (κ3) is 3.88. The van der Waals surface area contributed by atoms with Crippen LogP contribution in [0.4, 0.5) is 10.5 Å². The quantitative estimate of drug-likeness (QED) is 0.758. The molecule has 1 atom stereocenters. The average molecular weight is 393 g/mol. The fraction of sp³-hybridized carbons (Fsp3) is 0.348. The monoisotopic (exact) mass is 393 g/mol. The lowest BCUT2D eigenvalue weighted by Crippen LogP contribution is -2.42. The number of hydrogen-bond acceptors (Lipinski definition) is 3. The van der Waals surface area contributed by atoms with Crippen molar-refractivity contribution in [1.82, 2.24) is 10.2 Å². The van der Waals surface area contributed by atoms with Crippen LogP contribution in [0.15, 0.2) is 42.5 Å². The summed E-state index contributed by atoms with van der Waals surface area (Å²) in [5, 5.41) is 5.62. The highest BCUT2D eigenvalue weighted by Crippen LogP contribution is 2.30. The molecule has 1 saturated heterocycles. The fourth-order valence-electron chi connectivity index (χ4n) is 3.59. The number of hydrogen-bond donors (Lipinski definition) is 2. The molecule has 0 spiro atoms. The Morgan fingerprint density at radius 2 is 1.76 bits per heavy atom. The summed E-state index contributed by atoms with van der Waals surface area (Å²) < 4.78 is 0. The van der Waals surface area contributed by atoms with Crippen molar-refractivity contribution in [3.8, 4) is 0 Å². The van der Waals surface area contributed by atoms with E-state index in [1.165, 1.54) is 0 Å². The van der Waals surface area contributed by atoms with Crippen LogP contribution in [0.1, 0.15) is 48.9 Å². The Balaban J connectivity index is 1.79. The van der Waals surface area contributed by atoms with E-state index in [9.17, 15) is 14.4 Å². The number of nitrogens with one attached hydrogen (secondary N) is 2. The summed E-state index contributed by atoms with van der Waals surface area (Å²) in [7, 11) is 0. The number of urea groups is 1. The molecule has 0 saturated carbocycles. The van der Waals surface area contributed by atoms with Crippen LogP contribution in [0.25, 0.3) is 0 Å². The molecule has 0 bridgehead atoms. The second-order valence-corrected chi connectivity index (χ2v) is 8.05.